The van der Waals surface area contributed by atoms with Crippen molar-refractivity contribution < 1.29 is 8.42 Å². The fourth-order valence-electron chi connectivity index (χ4n) is 2.04. The van der Waals surface area contributed by atoms with Crippen LogP contribution in [0, 0.1) is 0 Å². The van der Waals surface area contributed by atoms with Gasteiger partial charge in [-0.3, -0.25) is 5.10 Å². The van der Waals surface area contributed by atoms with E-state index in [1.807, 2.05) is 11.8 Å². The molecule has 0 amide bonds. The molecule has 7 nitrogen and oxygen atoms in total. The van der Waals surface area contributed by atoms with E-state index in [4.69, 9.17) is 5.73 Å². The maximum atomic E-state index is 11.7. The number of H-pyrrole nitrogens is 1. The summed E-state index contributed by atoms with van der Waals surface area (Å²) >= 11 is 0. The van der Waals surface area contributed by atoms with Crippen LogP contribution in [0.25, 0.3) is 0 Å². The zero-order valence-electron chi connectivity index (χ0n) is 9.90. The highest BCUT2D eigenvalue weighted by Gasteiger charge is 2.27. The number of nitrogens with one attached hydrogen (secondary N) is 2. The molecule has 0 aliphatic carbocycles. The summed E-state index contributed by atoms with van der Waals surface area (Å²) in [5.74, 6) is 0.534. The first-order valence-electron chi connectivity index (χ1n) is 5.42. The number of aromatic amines is 1. The van der Waals surface area contributed by atoms with Crippen molar-refractivity contribution in [2.75, 3.05) is 36.5 Å². The molecule has 1 saturated heterocycles. The molecular weight excluding hydrogens is 242 g/mol. The van der Waals surface area contributed by atoms with Crippen molar-refractivity contribution in [3.63, 3.8) is 0 Å². The van der Waals surface area contributed by atoms with Gasteiger partial charge in [-0.1, -0.05) is 0 Å². The van der Waals surface area contributed by atoms with E-state index >= 15 is 0 Å². The molecular formula is C9H17N5O2S. The summed E-state index contributed by atoms with van der Waals surface area (Å²) in [6, 6.07) is 0.300. The third-order valence-corrected chi connectivity index (χ3v) is 3.91. The van der Waals surface area contributed by atoms with E-state index in [-0.39, 0.29) is 10.7 Å². The topological polar surface area (TPSA) is 104 Å². The molecule has 0 unspecified atom stereocenters. The van der Waals surface area contributed by atoms with Crippen LogP contribution in [0.15, 0.2) is 4.90 Å². The van der Waals surface area contributed by atoms with Gasteiger partial charge in [0.15, 0.2) is 20.6 Å². The fourth-order valence-corrected chi connectivity index (χ4v) is 2.99. The van der Waals surface area contributed by atoms with Gasteiger partial charge in [0.25, 0.3) is 0 Å². The van der Waals surface area contributed by atoms with E-state index in [2.05, 4.69) is 15.5 Å². The van der Waals surface area contributed by atoms with Crippen LogP contribution in [0.2, 0.25) is 0 Å². The van der Waals surface area contributed by atoms with Crippen molar-refractivity contribution in [2.24, 2.45) is 0 Å². The van der Waals surface area contributed by atoms with Crippen LogP contribution in [0.4, 0.5) is 11.6 Å². The lowest BCUT2D eigenvalue weighted by atomic mass is 10.2. The zero-order chi connectivity index (χ0) is 12.6. The van der Waals surface area contributed by atoms with Crippen LogP contribution in [0.5, 0.6) is 0 Å². The number of hydrogen-bond donors (Lipinski definition) is 3. The second kappa shape index (κ2) is 4.19. The molecule has 2 rings (SSSR count). The quantitative estimate of drug-likeness (QED) is 0.642. The normalized spacial score (nSPS) is 21.8. The van der Waals surface area contributed by atoms with Crippen LogP contribution >= 0.6 is 0 Å². The zero-order valence-corrected chi connectivity index (χ0v) is 10.7. The second-order valence-corrected chi connectivity index (χ2v) is 6.32. The summed E-state index contributed by atoms with van der Waals surface area (Å²) < 4.78 is 23.4. The molecule has 4 N–H and O–H groups in total. The van der Waals surface area contributed by atoms with Crippen LogP contribution < -0.4 is 16.0 Å². The maximum Gasteiger partial charge on any atom is 0.182 e. The van der Waals surface area contributed by atoms with E-state index in [1.54, 1.807) is 0 Å². The lowest BCUT2D eigenvalue weighted by molar-refractivity contribution is 0.480. The lowest BCUT2D eigenvalue weighted by Gasteiger charge is -2.32. The van der Waals surface area contributed by atoms with E-state index in [1.165, 1.54) is 0 Å². The average molecular weight is 259 g/mol. The van der Waals surface area contributed by atoms with Crippen molar-refractivity contribution in [3.8, 4) is 0 Å². The van der Waals surface area contributed by atoms with Gasteiger partial charge in [0.2, 0.25) is 0 Å². The highest BCUT2D eigenvalue weighted by Crippen LogP contribution is 2.28. The van der Waals surface area contributed by atoms with Gasteiger partial charge in [-0.15, -0.1) is 0 Å². The maximum absolute atomic E-state index is 11.7. The van der Waals surface area contributed by atoms with Crippen molar-refractivity contribution in [3.05, 3.63) is 0 Å². The molecule has 8 heteroatoms. The number of piperazine rings is 1. The predicted octanol–water partition coefficient (Wildman–Crippen LogP) is -0.806. The van der Waals surface area contributed by atoms with Crippen LogP contribution in [-0.4, -0.2) is 50.5 Å². The third-order valence-electron chi connectivity index (χ3n) is 2.77. The Morgan fingerprint density at radius 1 is 1.53 bits per heavy atom. The summed E-state index contributed by atoms with van der Waals surface area (Å²) in [5, 5.41) is 9.84. The van der Waals surface area contributed by atoms with E-state index < -0.39 is 9.84 Å². The molecule has 0 saturated carbocycles. The van der Waals surface area contributed by atoms with Crippen LogP contribution in [-0.2, 0) is 9.84 Å². The first-order chi connectivity index (χ1) is 7.89. The monoisotopic (exact) mass is 259 g/mol. The molecule has 1 aliphatic heterocycles. The highest BCUT2D eigenvalue weighted by atomic mass is 32.2. The van der Waals surface area contributed by atoms with Gasteiger partial charge in [-0.25, -0.2) is 8.42 Å². The van der Waals surface area contributed by atoms with Gasteiger partial charge in [0, 0.05) is 31.9 Å². The van der Waals surface area contributed by atoms with Gasteiger partial charge >= 0.3 is 0 Å². The minimum absolute atomic E-state index is 0.103. The summed E-state index contributed by atoms with van der Waals surface area (Å²) in [7, 11) is -3.37. The molecule has 0 bridgehead atoms. The number of sulfone groups is 1. The molecule has 0 spiro atoms. The summed E-state index contributed by atoms with van der Waals surface area (Å²) in [6.45, 7) is 4.28. The summed E-state index contributed by atoms with van der Waals surface area (Å²) in [4.78, 5) is 2.04. The second-order valence-electron chi connectivity index (χ2n) is 4.36. The van der Waals surface area contributed by atoms with Gasteiger partial charge in [0.1, 0.15) is 5.82 Å². The van der Waals surface area contributed by atoms with Crippen molar-refractivity contribution in [1.82, 2.24) is 15.5 Å². The summed E-state index contributed by atoms with van der Waals surface area (Å²) in [5.41, 5.74) is 5.63. The molecule has 1 aromatic heterocycles. The highest BCUT2D eigenvalue weighted by molar-refractivity contribution is 7.91. The third kappa shape index (κ3) is 2.37. The Bertz CT molecular complexity index is 509. The number of hydrogen-bond acceptors (Lipinski definition) is 6. The van der Waals surface area contributed by atoms with Gasteiger partial charge < -0.3 is 16.0 Å². The van der Waals surface area contributed by atoms with Crippen LogP contribution in [0.1, 0.15) is 6.92 Å². The van der Waals surface area contributed by atoms with Crippen molar-refractivity contribution >= 4 is 21.5 Å². The predicted molar refractivity (Wildman–Crippen MR) is 65.8 cm³/mol. The molecule has 17 heavy (non-hydrogen) atoms. The largest absolute Gasteiger partial charge is 0.383 e. The average Bonchev–Trinajstić information content (AvgIpc) is 2.59. The van der Waals surface area contributed by atoms with Gasteiger partial charge in [-0.2, -0.15) is 5.10 Å². The number of anilines is 2. The Hall–Kier alpha value is -1.28. The van der Waals surface area contributed by atoms with Crippen molar-refractivity contribution in [2.45, 2.75) is 17.9 Å². The van der Waals surface area contributed by atoms with Gasteiger partial charge in [-0.05, 0) is 6.92 Å². The van der Waals surface area contributed by atoms with Gasteiger partial charge in [0.05, 0.1) is 0 Å². The molecule has 1 fully saturated rings. The molecule has 96 valence electrons. The minimum atomic E-state index is -3.37. The van der Waals surface area contributed by atoms with E-state index in [0.717, 1.165) is 19.3 Å². The minimum Gasteiger partial charge on any atom is -0.383 e. The van der Waals surface area contributed by atoms with E-state index in [0.29, 0.717) is 18.4 Å². The Morgan fingerprint density at radius 3 is 2.82 bits per heavy atom. The Balaban J connectivity index is 2.39. The molecule has 1 aromatic rings. The SMILES string of the molecule is C[C@@H]1CN(c2n[nH]c(N)c2S(C)(=O)=O)CCN1. The Kier molecular flexibility index (Phi) is 3.00. The van der Waals surface area contributed by atoms with Crippen molar-refractivity contribution in [1.29, 1.82) is 0 Å². The Labute approximate surface area is 100 Å². The standard InChI is InChI=1S/C9H17N5O2S/c1-6-5-14(4-3-11-6)9-7(17(2,15)16)8(10)12-13-9/h6,11H,3-5H2,1-2H3,(H3,10,12,13)/t6-/m1/s1. The molecule has 2 heterocycles. The molecule has 1 atom stereocenters. The fraction of sp³-hybridized carbons (Fsp3) is 0.667. The first-order valence-corrected chi connectivity index (χ1v) is 7.31. The number of aromatic nitrogens is 2. The molecule has 0 radical (unpaired) electrons. The Morgan fingerprint density at radius 2 is 2.24 bits per heavy atom. The smallest absolute Gasteiger partial charge is 0.182 e. The lowest BCUT2D eigenvalue weighted by Crippen LogP contribution is -2.49. The number of nitrogens with two attached hydrogens (primary N) is 1. The number of nitrogen functional groups attached to an aromatic ring is 1. The molecule has 1 aliphatic rings. The number of rotatable bonds is 2. The summed E-state index contributed by atoms with van der Waals surface area (Å²) in [6.07, 6.45) is 1.14. The molecule has 0 aromatic carbocycles. The van der Waals surface area contributed by atoms with E-state index in [9.17, 15) is 8.42 Å². The first kappa shape index (κ1) is 12.2. The number of nitrogens with zero attached hydrogens (tertiary/aromatic N) is 2. The van der Waals surface area contributed by atoms with Crippen LogP contribution in [0.3, 0.4) is 0 Å².